The molecule has 0 fully saturated rings. The molecule has 24 heavy (non-hydrogen) atoms. The number of para-hydroxylation sites is 1. The van der Waals surface area contributed by atoms with Crippen molar-refractivity contribution in [2.45, 2.75) is 20.0 Å². The van der Waals surface area contributed by atoms with Gasteiger partial charge in [0.25, 0.3) is 0 Å². The molecule has 2 aromatic rings. The Morgan fingerprint density at radius 3 is 2.58 bits per heavy atom. The summed E-state index contributed by atoms with van der Waals surface area (Å²) in [6, 6.07) is 9.94. The van der Waals surface area contributed by atoms with Crippen LogP contribution >= 0.6 is 0 Å². The fraction of sp³-hybridized carbons (Fsp3) is 0.312. The van der Waals surface area contributed by atoms with Gasteiger partial charge in [0.05, 0.1) is 25.6 Å². The highest BCUT2D eigenvalue weighted by atomic mass is 32.2. The minimum absolute atomic E-state index is 0.179. The molecular formula is C16H20N2O5S. The van der Waals surface area contributed by atoms with Crippen molar-refractivity contribution in [1.29, 1.82) is 0 Å². The molecular weight excluding hydrogens is 332 g/mol. The number of furan rings is 1. The van der Waals surface area contributed by atoms with Crippen LogP contribution in [0.1, 0.15) is 18.2 Å². The Kier molecular flexibility index (Phi) is 5.86. The third-order valence-corrected chi connectivity index (χ3v) is 3.60. The average Bonchev–Trinajstić information content (AvgIpc) is 3.00. The SMILES string of the molecule is CCNC(=O)N(Cc1ccco1)Cc1ccccc1OS(C)(=O)=O. The summed E-state index contributed by atoms with van der Waals surface area (Å²) in [6.07, 6.45) is 2.51. The van der Waals surface area contributed by atoms with E-state index >= 15 is 0 Å². The van der Waals surface area contributed by atoms with Gasteiger partial charge in [0.1, 0.15) is 11.5 Å². The maximum Gasteiger partial charge on any atom is 0.318 e. The summed E-state index contributed by atoms with van der Waals surface area (Å²) in [7, 11) is -3.65. The number of rotatable bonds is 7. The highest BCUT2D eigenvalue weighted by molar-refractivity contribution is 7.86. The number of urea groups is 1. The fourth-order valence-electron chi connectivity index (χ4n) is 2.14. The second-order valence-corrected chi connectivity index (χ2v) is 6.74. The van der Waals surface area contributed by atoms with E-state index < -0.39 is 10.1 Å². The Morgan fingerprint density at radius 1 is 1.21 bits per heavy atom. The Bertz CT molecular complexity index is 772. The van der Waals surface area contributed by atoms with E-state index in [0.29, 0.717) is 17.9 Å². The molecule has 0 aliphatic carbocycles. The molecule has 0 unspecified atom stereocenters. The minimum Gasteiger partial charge on any atom is -0.467 e. The molecule has 0 radical (unpaired) electrons. The van der Waals surface area contributed by atoms with Crippen LogP contribution in [0.5, 0.6) is 5.75 Å². The molecule has 0 spiro atoms. The molecule has 0 atom stereocenters. The normalized spacial score (nSPS) is 11.1. The molecule has 0 aliphatic heterocycles. The van der Waals surface area contributed by atoms with Crippen LogP contribution in [-0.4, -0.2) is 32.1 Å². The summed E-state index contributed by atoms with van der Waals surface area (Å²) < 4.78 is 33.1. The van der Waals surface area contributed by atoms with Crippen LogP contribution in [-0.2, 0) is 23.2 Å². The fourth-order valence-corrected chi connectivity index (χ4v) is 2.63. The molecule has 0 saturated carbocycles. The topological polar surface area (TPSA) is 88.8 Å². The van der Waals surface area contributed by atoms with Gasteiger partial charge >= 0.3 is 16.1 Å². The van der Waals surface area contributed by atoms with Crippen LogP contribution in [0.25, 0.3) is 0 Å². The van der Waals surface area contributed by atoms with Crippen molar-refractivity contribution >= 4 is 16.1 Å². The Hall–Kier alpha value is -2.48. The van der Waals surface area contributed by atoms with Gasteiger partial charge in [-0.2, -0.15) is 8.42 Å². The predicted octanol–water partition coefficient (Wildman–Crippen LogP) is 2.35. The zero-order valence-electron chi connectivity index (χ0n) is 13.6. The van der Waals surface area contributed by atoms with Gasteiger partial charge in [-0.1, -0.05) is 18.2 Å². The lowest BCUT2D eigenvalue weighted by Gasteiger charge is -2.23. The van der Waals surface area contributed by atoms with Gasteiger partial charge in [0.2, 0.25) is 0 Å². The summed E-state index contributed by atoms with van der Waals surface area (Å²) in [5, 5.41) is 2.73. The van der Waals surface area contributed by atoms with Crippen molar-refractivity contribution in [3.63, 3.8) is 0 Å². The van der Waals surface area contributed by atoms with Crippen molar-refractivity contribution < 1.29 is 21.8 Å². The van der Waals surface area contributed by atoms with Gasteiger partial charge in [-0.25, -0.2) is 4.79 Å². The van der Waals surface area contributed by atoms with E-state index in [2.05, 4.69) is 5.32 Å². The van der Waals surface area contributed by atoms with Gasteiger partial charge < -0.3 is 18.8 Å². The first kappa shape index (κ1) is 17.9. The van der Waals surface area contributed by atoms with Crippen molar-refractivity contribution in [3.8, 4) is 5.75 Å². The first-order valence-electron chi connectivity index (χ1n) is 7.41. The Balaban J connectivity index is 2.24. The Labute approximate surface area is 141 Å². The largest absolute Gasteiger partial charge is 0.467 e. The third-order valence-electron chi connectivity index (χ3n) is 3.12. The molecule has 0 saturated heterocycles. The maximum atomic E-state index is 12.3. The van der Waals surface area contributed by atoms with E-state index in [-0.39, 0.29) is 24.9 Å². The van der Waals surface area contributed by atoms with E-state index in [4.69, 9.17) is 8.60 Å². The van der Waals surface area contributed by atoms with Crippen molar-refractivity contribution in [2.75, 3.05) is 12.8 Å². The second-order valence-electron chi connectivity index (χ2n) is 5.17. The molecule has 130 valence electrons. The highest BCUT2D eigenvalue weighted by Crippen LogP contribution is 2.22. The minimum atomic E-state index is -3.65. The summed E-state index contributed by atoms with van der Waals surface area (Å²) >= 11 is 0. The predicted molar refractivity (Wildman–Crippen MR) is 88.9 cm³/mol. The summed E-state index contributed by atoms with van der Waals surface area (Å²) in [4.78, 5) is 13.8. The molecule has 2 rings (SSSR count). The summed E-state index contributed by atoms with van der Waals surface area (Å²) in [5.41, 5.74) is 0.584. The van der Waals surface area contributed by atoms with E-state index in [1.807, 2.05) is 6.92 Å². The quantitative estimate of drug-likeness (QED) is 0.773. The zero-order chi connectivity index (χ0) is 17.6. The van der Waals surface area contributed by atoms with Crippen LogP contribution in [0.4, 0.5) is 4.79 Å². The number of amides is 2. The zero-order valence-corrected chi connectivity index (χ0v) is 14.4. The monoisotopic (exact) mass is 352 g/mol. The van der Waals surface area contributed by atoms with E-state index in [9.17, 15) is 13.2 Å². The first-order chi connectivity index (χ1) is 11.4. The van der Waals surface area contributed by atoms with E-state index in [1.54, 1.807) is 36.4 Å². The summed E-state index contributed by atoms with van der Waals surface area (Å²) in [5.74, 6) is 0.830. The molecule has 1 N–H and O–H groups in total. The number of nitrogens with one attached hydrogen (secondary N) is 1. The van der Waals surface area contributed by atoms with Crippen LogP contribution in [0.2, 0.25) is 0 Å². The highest BCUT2D eigenvalue weighted by Gasteiger charge is 2.18. The van der Waals surface area contributed by atoms with E-state index in [1.165, 1.54) is 11.2 Å². The van der Waals surface area contributed by atoms with Gasteiger partial charge in [-0.05, 0) is 25.1 Å². The third kappa shape index (κ3) is 5.31. The van der Waals surface area contributed by atoms with Crippen LogP contribution in [0.15, 0.2) is 47.1 Å². The number of hydrogen-bond donors (Lipinski definition) is 1. The molecule has 2 amide bonds. The summed E-state index contributed by atoms with van der Waals surface area (Å²) in [6.45, 7) is 2.74. The van der Waals surface area contributed by atoms with E-state index in [0.717, 1.165) is 6.26 Å². The van der Waals surface area contributed by atoms with Crippen molar-refractivity contribution in [3.05, 3.63) is 54.0 Å². The molecule has 0 bridgehead atoms. The van der Waals surface area contributed by atoms with Crippen molar-refractivity contribution in [1.82, 2.24) is 10.2 Å². The lowest BCUT2D eigenvalue weighted by Crippen LogP contribution is -2.39. The molecule has 7 nitrogen and oxygen atoms in total. The number of nitrogens with zero attached hydrogens (tertiary/aromatic N) is 1. The van der Waals surface area contributed by atoms with Gasteiger partial charge in [0.15, 0.2) is 0 Å². The average molecular weight is 352 g/mol. The molecule has 0 aliphatic rings. The van der Waals surface area contributed by atoms with Crippen LogP contribution in [0.3, 0.4) is 0 Å². The van der Waals surface area contributed by atoms with Gasteiger partial charge in [-0.15, -0.1) is 0 Å². The molecule has 8 heteroatoms. The first-order valence-corrected chi connectivity index (χ1v) is 9.23. The number of carbonyl (C=O) groups excluding carboxylic acids is 1. The lowest BCUT2D eigenvalue weighted by atomic mass is 10.2. The molecule has 1 heterocycles. The molecule has 1 aromatic carbocycles. The lowest BCUT2D eigenvalue weighted by molar-refractivity contribution is 0.187. The maximum absolute atomic E-state index is 12.3. The van der Waals surface area contributed by atoms with Gasteiger partial charge in [0, 0.05) is 12.1 Å². The number of hydrogen-bond acceptors (Lipinski definition) is 5. The van der Waals surface area contributed by atoms with Crippen LogP contribution in [0, 0.1) is 0 Å². The van der Waals surface area contributed by atoms with Gasteiger partial charge in [-0.3, -0.25) is 0 Å². The Morgan fingerprint density at radius 2 is 1.96 bits per heavy atom. The smallest absolute Gasteiger partial charge is 0.318 e. The van der Waals surface area contributed by atoms with Crippen molar-refractivity contribution in [2.24, 2.45) is 0 Å². The number of benzene rings is 1. The van der Waals surface area contributed by atoms with Crippen LogP contribution < -0.4 is 9.50 Å². The second kappa shape index (κ2) is 7.87. The number of carbonyl (C=O) groups is 1. The molecule has 1 aromatic heterocycles. The standard InChI is InChI=1S/C16H20N2O5S/c1-3-17-16(19)18(12-14-8-6-10-22-14)11-13-7-4-5-9-15(13)23-24(2,20)21/h4-10H,3,11-12H2,1-2H3,(H,17,19).